The van der Waals surface area contributed by atoms with Crippen molar-refractivity contribution in [3.05, 3.63) is 45.8 Å². The van der Waals surface area contributed by atoms with Crippen LogP contribution in [0.3, 0.4) is 0 Å². The maximum atomic E-state index is 16.5. The molecule has 9 atom stereocenters. The predicted octanol–water partition coefficient (Wildman–Crippen LogP) is 4.96. The minimum Gasteiger partial charge on any atom is -0.756 e. The Bertz CT molecular complexity index is 2000. The van der Waals surface area contributed by atoms with Crippen molar-refractivity contribution >= 4 is 30.7 Å². The molecule has 1 amide bonds. The normalized spacial score (nSPS) is 24.8. The molecular weight excluding hydrogens is 830 g/mol. The summed E-state index contributed by atoms with van der Waals surface area (Å²) < 4.78 is 65.3. The topological polar surface area (TPSA) is 240 Å². The van der Waals surface area contributed by atoms with Crippen LogP contribution in [-0.2, 0) is 37.4 Å². The van der Waals surface area contributed by atoms with Gasteiger partial charge in [-0.15, -0.1) is 0 Å². The number of fused-ring (bicyclic) bond motifs is 1. The van der Waals surface area contributed by atoms with Crippen LogP contribution in [0.15, 0.2) is 34.5 Å². The van der Waals surface area contributed by atoms with E-state index >= 15 is 4.39 Å². The lowest BCUT2D eigenvalue weighted by molar-refractivity contribution is -0.230. The van der Waals surface area contributed by atoms with E-state index in [0.29, 0.717) is 6.42 Å². The highest BCUT2D eigenvalue weighted by molar-refractivity contribution is 7.45. The van der Waals surface area contributed by atoms with Crippen LogP contribution in [0.25, 0.3) is 11.2 Å². The molecule has 19 nitrogen and oxygen atoms in total. The van der Waals surface area contributed by atoms with Gasteiger partial charge in [0.1, 0.15) is 30.2 Å². The molecule has 0 bridgehead atoms. The zero-order valence-electron chi connectivity index (χ0n) is 36.4. The number of phosphoric acid groups is 1. The summed E-state index contributed by atoms with van der Waals surface area (Å²) in [7, 11) is -1.20. The van der Waals surface area contributed by atoms with Gasteiger partial charge in [0.25, 0.3) is 13.4 Å². The summed E-state index contributed by atoms with van der Waals surface area (Å²) in [6, 6.07) is 1.19. The number of nitrogens with one attached hydrogen (secondary N) is 1. The highest BCUT2D eigenvalue weighted by Gasteiger charge is 2.51. The van der Waals surface area contributed by atoms with Crippen molar-refractivity contribution in [1.29, 1.82) is 0 Å². The van der Waals surface area contributed by atoms with E-state index in [4.69, 9.17) is 29.2 Å². The van der Waals surface area contributed by atoms with Gasteiger partial charge in [-0.05, 0) is 6.42 Å². The Hall–Kier alpha value is -3.62. The number of methoxy groups -OCH3 is 2. The summed E-state index contributed by atoms with van der Waals surface area (Å²) in [6.07, 6.45) is 11.9. The van der Waals surface area contributed by atoms with Gasteiger partial charge >= 0.3 is 5.69 Å². The Labute approximate surface area is 361 Å². The van der Waals surface area contributed by atoms with Gasteiger partial charge in [-0.1, -0.05) is 96.8 Å². The zero-order valence-corrected chi connectivity index (χ0v) is 37.3. The number of aromatic nitrogens is 6. The number of carbonyl (C=O) groups is 1. The minimum absolute atomic E-state index is 0.0555. The standard InChI is InChI=1S/C41H66FN8O11P/c1-5-6-7-8-9-10-11-12-13-14-15-16-17-18-19-21-48(32(52)23-28-30(25-56-2)60-40(35(28)57-3)49-22-20-31(51)47-41(49)53)24-29-36(61-62(54,55)58-4)33(42)39(59-29)50-27-46-34-37(43)44-26-45-38(34)50/h20,22,26-30,33,35-36,39-40H,5-19,21,23-25H2,1-4H3,(H,54,55)(H2,43,44,45)(H,47,51,53)/p-1/t28-,29-,30-,33-,35-,36-,39-,40-/m1/s1. The van der Waals surface area contributed by atoms with Gasteiger partial charge < -0.3 is 43.5 Å². The predicted molar refractivity (Wildman–Crippen MR) is 226 cm³/mol. The first-order valence-corrected chi connectivity index (χ1v) is 23.4. The number of H-pyrrole nitrogens is 1. The quantitative estimate of drug-likeness (QED) is 0.0723. The van der Waals surface area contributed by atoms with E-state index in [-0.39, 0.29) is 49.0 Å². The van der Waals surface area contributed by atoms with Gasteiger partial charge in [0, 0.05) is 59.0 Å². The van der Waals surface area contributed by atoms with Crippen LogP contribution < -0.4 is 21.9 Å². The number of anilines is 1. The second-order valence-electron chi connectivity index (χ2n) is 16.2. The molecule has 2 fully saturated rings. The van der Waals surface area contributed by atoms with Crippen molar-refractivity contribution in [3.8, 4) is 0 Å². The summed E-state index contributed by atoms with van der Waals surface area (Å²) in [5, 5.41) is 0. The van der Waals surface area contributed by atoms with Crippen molar-refractivity contribution < 1.29 is 46.6 Å². The molecule has 348 valence electrons. The van der Waals surface area contributed by atoms with E-state index < -0.39 is 68.0 Å². The molecule has 21 heteroatoms. The number of carbonyl (C=O) groups excluding carboxylic acids is 1. The Morgan fingerprint density at radius 2 is 1.53 bits per heavy atom. The first-order valence-electron chi connectivity index (χ1n) is 22.0. The van der Waals surface area contributed by atoms with Crippen LogP contribution in [-0.4, -0.2) is 111 Å². The van der Waals surface area contributed by atoms with E-state index in [0.717, 1.165) is 32.8 Å². The number of halogens is 1. The molecule has 0 aliphatic carbocycles. The van der Waals surface area contributed by atoms with Gasteiger partial charge in [-0.3, -0.25) is 28.3 Å². The molecule has 0 spiro atoms. The average molecular weight is 896 g/mol. The number of unbranched alkanes of at least 4 members (excludes halogenated alkanes) is 14. The number of imidazole rings is 1. The number of ether oxygens (including phenoxy) is 4. The van der Waals surface area contributed by atoms with E-state index in [1.807, 2.05) is 0 Å². The summed E-state index contributed by atoms with van der Waals surface area (Å²) in [5.41, 5.74) is 5.03. The van der Waals surface area contributed by atoms with E-state index in [9.17, 15) is 23.8 Å². The smallest absolute Gasteiger partial charge is 0.330 e. The fraction of sp³-hybridized carbons (Fsp3) is 0.756. The molecular formula is C41H65FN8O11P-. The molecule has 1 unspecified atom stereocenters. The second-order valence-corrected chi connectivity index (χ2v) is 17.7. The SMILES string of the molecule is CCCCCCCCCCCCCCCCCN(C[C@H]1O[C@@H](n2cnc3c(N)ncnc32)[C@H](F)[C@@H]1OP(=O)([O-])OC)C(=O)C[C@H]1[C@@H](OC)[C@H](n2ccc(=O)[nH]c2=O)O[C@@H]1COC. The number of nitrogen functional groups attached to an aromatic ring is 1. The average Bonchev–Trinajstić information content (AvgIpc) is 3.92. The van der Waals surface area contributed by atoms with Crippen LogP contribution in [0.4, 0.5) is 10.2 Å². The van der Waals surface area contributed by atoms with Crippen LogP contribution >= 0.6 is 7.82 Å². The highest BCUT2D eigenvalue weighted by Crippen LogP contribution is 2.46. The van der Waals surface area contributed by atoms with Gasteiger partial charge in [-0.25, -0.2) is 24.1 Å². The number of alkyl halides is 1. The van der Waals surface area contributed by atoms with Gasteiger partial charge in [0.15, 0.2) is 30.1 Å². The zero-order chi connectivity index (χ0) is 44.6. The molecule has 3 aromatic rings. The maximum absolute atomic E-state index is 16.5. The monoisotopic (exact) mass is 895 g/mol. The van der Waals surface area contributed by atoms with Crippen molar-refractivity contribution in [2.45, 2.75) is 153 Å². The van der Waals surface area contributed by atoms with Gasteiger partial charge in [0.05, 0.1) is 19.0 Å². The molecule has 2 aliphatic heterocycles. The third-order valence-electron chi connectivity index (χ3n) is 11.8. The number of nitrogens with zero attached hydrogens (tertiary/aromatic N) is 6. The summed E-state index contributed by atoms with van der Waals surface area (Å²) >= 11 is 0. The number of amides is 1. The molecule has 3 N–H and O–H groups in total. The molecule has 5 heterocycles. The molecule has 5 rings (SSSR count). The lowest BCUT2D eigenvalue weighted by Gasteiger charge is -2.32. The molecule has 0 aromatic carbocycles. The van der Waals surface area contributed by atoms with Crippen LogP contribution in [0.2, 0.25) is 0 Å². The first kappa shape index (κ1) is 49.4. The van der Waals surface area contributed by atoms with Gasteiger partial charge in [0.2, 0.25) is 5.91 Å². The Morgan fingerprint density at radius 1 is 0.903 bits per heavy atom. The second kappa shape index (κ2) is 24.4. The summed E-state index contributed by atoms with van der Waals surface area (Å²) in [6.45, 7) is 2.28. The molecule has 62 heavy (non-hydrogen) atoms. The highest BCUT2D eigenvalue weighted by atomic mass is 31.2. The number of hydrogen-bond acceptors (Lipinski definition) is 15. The van der Waals surface area contributed by atoms with Gasteiger partial charge in [-0.2, -0.15) is 0 Å². The number of phosphoric ester groups is 1. The Kier molecular flexibility index (Phi) is 19.5. The third-order valence-corrected chi connectivity index (χ3v) is 12.8. The fourth-order valence-corrected chi connectivity index (χ4v) is 9.11. The Balaban J connectivity index is 1.30. The van der Waals surface area contributed by atoms with Crippen LogP contribution in [0.1, 0.15) is 122 Å². The van der Waals surface area contributed by atoms with E-state index in [1.165, 1.54) is 117 Å². The van der Waals surface area contributed by atoms with Crippen molar-refractivity contribution in [3.63, 3.8) is 0 Å². The summed E-state index contributed by atoms with van der Waals surface area (Å²) in [4.78, 5) is 68.0. The number of hydrogen-bond donors (Lipinski definition) is 2. The number of nitrogens with two attached hydrogens (primary N) is 1. The molecule has 2 aliphatic rings. The number of rotatable bonds is 28. The minimum atomic E-state index is -5.01. The van der Waals surface area contributed by atoms with Crippen molar-refractivity contribution in [2.75, 3.05) is 46.8 Å². The first-order chi connectivity index (χ1) is 29.9. The van der Waals surface area contributed by atoms with Crippen molar-refractivity contribution in [1.82, 2.24) is 34.0 Å². The summed E-state index contributed by atoms with van der Waals surface area (Å²) in [5.74, 6) is -0.968. The van der Waals surface area contributed by atoms with E-state index in [1.54, 1.807) is 0 Å². The largest absolute Gasteiger partial charge is 0.756 e. The maximum Gasteiger partial charge on any atom is 0.330 e. The van der Waals surface area contributed by atoms with E-state index in [2.05, 4.69) is 31.4 Å². The fourth-order valence-electron chi connectivity index (χ4n) is 8.48. The molecule has 0 saturated carbocycles. The lowest BCUT2D eigenvalue weighted by atomic mass is 9.93. The molecule has 2 saturated heterocycles. The molecule has 0 radical (unpaired) electrons. The molecule has 3 aromatic heterocycles. The van der Waals surface area contributed by atoms with Crippen LogP contribution in [0.5, 0.6) is 0 Å². The third kappa shape index (κ3) is 13.2. The number of aromatic amines is 1. The Morgan fingerprint density at radius 3 is 2.13 bits per heavy atom. The van der Waals surface area contributed by atoms with Crippen molar-refractivity contribution in [2.24, 2.45) is 5.92 Å². The lowest BCUT2D eigenvalue weighted by Crippen LogP contribution is -2.45. The van der Waals surface area contributed by atoms with Crippen LogP contribution in [0, 0.1) is 5.92 Å².